The quantitative estimate of drug-likeness (QED) is 0.274. The SMILES string of the molecule is Cn1c(=O)n2n(c1=O)[C@@H]1C[C@H]3C(=O)N(c4cccc(Cl)c4)C(=O)[C@@]3(c3ccccc3)[C@@H](C3=COc4ccc(O)cc4C3)C1=CC2. The summed E-state index contributed by atoms with van der Waals surface area (Å²) in [4.78, 5) is 57.6. The summed E-state index contributed by atoms with van der Waals surface area (Å²) in [6, 6.07) is 20.1. The molecule has 45 heavy (non-hydrogen) atoms. The highest BCUT2D eigenvalue weighted by atomic mass is 35.5. The number of anilines is 1. The van der Waals surface area contributed by atoms with Gasteiger partial charge in [-0.25, -0.2) is 28.4 Å². The zero-order valence-corrected chi connectivity index (χ0v) is 24.8. The van der Waals surface area contributed by atoms with Crippen LogP contribution in [0.5, 0.6) is 11.5 Å². The van der Waals surface area contributed by atoms with E-state index in [-0.39, 0.29) is 18.7 Å². The molecule has 226 valence electrons. The number of hydrogen-bond acceptors (Lipinski definition) is 6. The number of halogens is 1. The first kappa shape index (κ1) is 27.5. The molecular formula is C34H27ClN4O6. The Labute approximate surface area is 261 Å². The number of ether oxygens (including phenoxy) is 1. The van der Waals surface area contributed by atoms with E-state index in [2.05, 4.69) is 0 Å². The minimum Gasteiger partial charge on any atom is -0.508 e. The van der Waals surface area contributed by atoms with Crippen molar-refractivity contribution in [2.75, 3.05) is 4.90 Å². The topological polar surface area (TPSA) is 116 Å². The third kappa shape index (κ3) is 3.69. The molecule has 1 saturated carbocycles. The van der Waals surface area contributed by atoms with Crippen LogP contribution in [0.2, 0.25) is 5.02 Å². The third-order valence-corrected chi connectivity index (χ3v) is 10.0. The normalized spacial score (nSPS) is 25.0. The predicted molar refractivity (Wildman–Crippen MR) is 165 cm³/mol. The summed E-state index contributed by atoms with van der Waals surface area (Å²) in [7, 11) is 1.43. The van der Waals surface area contributed by atoms with Crippen molar-refractivity contribution in [3.8, 4) is 11.5 Å². The second-order valence-corrected chi connectivity index (χ2v) is 12.4. The van der Waals surface area contributed by atoms with Crippen molar-refractivity contribution < 1.29 is 19.4 Å². The predicted octanol–water partition coefficient (Wildman–Crippen LogP) is 3.86. The van der Waals surface area contributed by atoms with Crippen molar-refractivity contribution in [2.24, 2.45) is 18.9 Å². The number of imide groups is 1. The van der Waals surface area contributed by atoms with Crippen LogP contribution in [0.15, 0.2) is 106 Å². The summed E-state index contributed by atoms with van der Waals surface area (Å²) in [6.45, 7) is 0.123. The molecule has 4 aliphatic rings. The van der Waals surface area contributed by atoms with Crippen molar-refractivity contribution in [1.82, 2.24) is 13.9 Å². The molecule has 11 heteroatoms. The molecule has 0 unspecified atom stereocenters. The second kappa shape index (κ2) is 9.70. The fraction of sp³-hybridized carbons (Fsp3) is 0.235. The van der Waals surface area contributed by atoms with Crippen molar-refractivity contribution in [3.05, 3.63) is 133 Å². The molecule has 3 aliphatic heterocycles. The van der Waals surface area contributed by atoms with Crippen molar-refractivity contribution in [2.45, 2.75) is 30.8 Å². The maximum absolute atomic E-state index is 15.2. The Kier molecular flexibility index (Phi) is 5.92. The Hall–Kier alpha value is -5.09. The van der Waals surface area contributed by atoms with Gasteiger partial charge in [0.05, 0.1) is 35.9 Å². The molecule has 1 saturated heterocycles. The maximum atomic E-state index is 15.2. The molecule has 10 nitrogen and oxygen atoms in total. The monoisotopic (exact) mass is 622 g/mol. The molecule has 2 fully saturated rings. The van der Waals surface area contributed by atoms with E-state index in [0.29, 0.717) is 34.0 Å². The molecule has 4 aromatic rings. The van der Waals surface area contributed by atoms with Gasteiger partial charge in [-0.15, -0.1) is 0 Å². The highest BCUT2D eigenvalue weighted by Gasteiger charge is 2.69. The van der Waals surface area contributed by atoms with Crippen LogP contribution in [0.3, 0.4) is 0 Å². The fourth-order valence-electron chi connectivity index (χ4n) is 7.93. The number of nitrogens with zero attached hydrogens (tertiary/aromatic N) is 4. The highest BCUT2D eigenvalue weighted by molar-refractivity contribution is 6.32. The number of aromatic nitrogens is 3. The maximum Gasteiger partial charge on any atom is 0.347 e. The Morgan fingerprint density at radius 3 is 2.53 bits per heavy atom. The number of benzene rings is 3. The molecule has 3 aromatic carbocycles. The lowest BCUT2D eigenvalue weighted by Crippen LogP contribution is -2.55. The van der Waals surface area contributed by atoms with Gasteiger partial charge in [-0.2, -0.15) is 0 Å². The number of carbonyl (C=O) groups excluding carboxylic acids is 2. The zero-order chi connectivity index (χ0) is 31.2. The average Bonchev–Trinajstić information content (AvgIpc) is 3.41. The van der Waals surface area contributed by atoms with Crippen LogP contribution in [0.1, 0.15) is 23.6 Å². The van der Waals surface area contributed by atoms with E-state index in [1.165, 1.54) is 21.3 Å². The van der Waals surface area contributed by atoms with Gasteiger partial charge in [0, 0.05) is 30.0 Å². The lowest BCUT2D eigenvalue weighted by atomic mass is 9.52. The number of aromatic hydroxyl groups is 1. The Morgan fingerprint density at radius 2 is 1.76 bits per heavy atom. The molecule has 4 atom stereocenters. The number of phenols is 1. The van der Waals surface area contributed by atoms with Crippen LogP contribution in [0, 0.1) is 11.8 Å². The first-order valence-corrected chi connectivity index (χ1v) is 15.0. The Balaban J connectivity index is 1.41. The average molecular weight is 623 g/mol. The lowest BCUT2D eigenvalue weighted by molar-refractivity contribution is -0.125. The van der Waals surface area contributed by atoms with Crippen LogP contribution in [0.25, 0.3) is 0 Å². The second-order valence-electron chi connectivity index (χ2n) is 12.0. The number of fused-ring (bicyclic) bond motifs is 5. The van der Waals surface area contributed by atoms with Gasteiger partial charge in [0.1, 0.15) is 11.5 Å². The van der Waals surface area contributed by atoms with Crippen LogP contribution >= 0.6 is 11.6 Å². The van der Waals surface area contributed by atoms with Crippen molar-refractivity contribution in [1.29, 1.82) is 0 Å². The van der Waals surface area contributed by atoms with Gasteiger partial charge in [-0.05, 0) is 59.5 Å². The van der Waals surface area contributed by atoms with Crippen LogP contribution in [-0.2, 0) is 35.0 Å². The molecule has 4 heterocycles. The minimum atomic E-state index is -1.41. The summed E-state index contributed by atoms with van der Waals surface area (Å²) < 4.78 is 9.99. The van der Waals surface area contributed by atoms with Gasteiger partial charge < -0.3 is 9.84 Å². The zero-order valence-electron chi connectivity index (χ0n) is 24.1. The van der Waals surface area contributed by atoms with Crippen LogP contribution in [0.4, 0.5) is 5.69 Å². The fourth-order valence-corrected chi connectivity index (χ4v) is 8.12. The van der Waals surface area contributed by atoms with Gasteiger partial charge in [0.25, 0.3) is 0 Å². The molecule has 0 bridgehead atoms. The number of allylic oxidation sites excluding steroid dienone is 3. The van der Waals surface area contributed by atoms with Gasteiger partial charge >= 0.3 is 11.4 Å². The third-order valence-electron chi connectivity index (χ3n) is 9.77. The number of amides is 2. The number of hydrogen-bond donors (Lipinski definition) is 1. The molecular weight excluding hydrogens is 596 g/mol. The van der Waals surface area contributed by atoms with Crippen molar-refractivity contribution >= 4 is 29.1 Å². The van der Waals surface area contributed by atoms with E-state index < -0.39 is 46.5 Å². The van der Waals surface area contributed by atoms with Crippen LogP contribution in [-0.4, -0.2) is 30.9 Å². The largest absolute Gasteiger partial charge is 0.508 e. The number of carbonyl (C=O) groups is 2. The molecule has 8 rings (SSSR count). The van der Waals surface area contributed by atoms with E-state index in [4.69, 9.17) is 16.3 Å². The summed E-state index contributed by atoms with van der Waals surface area (Å²) in [5.41, 5.74) is 0.863. The molecule has 1 aromatic heterocycles. The molecule has 1 aliphatic carbocycles. The molecule has 2 amide bonds. The number of rotatable bonds is 3. The summed E-state index contributed by atoms with van der Waals surface area (Å²) in [5.74, 6) is -1.79. The first-order chi connectivity index (χ1) is 21.7. The molecule has 0 radical (unpaired) electrons. The van der Waals surface area contributed by atoms with E-state index in [9.17, 15) is 19.5 Å². The van der Waals surface area contributed by atoms with Crippen LogP contribution < -0.4 is 21.0 Å². The Bertz CT molecular complexity index is 2130. The summed E-state index contributed by atoms with van der Waals surface area (Å²) in [5, 5.41) is 10.7. The molecule has 0 spiro atoms. The first-order valence-electron chi connectivity index (χ1n) is 14.7. The van der Waals surface area contributed by atoms with Crippen molar-refractivity contribution in [3.63, 3.8) is 0 Å². The van der Waals surface area contributed by atoms with E-state index in [1.54, 1.807) is 48.7 Å². The van der Waals surface area contributed by atoms with Gasteiger partial charge in [0.15, 0.2) is 0 Å². The lowest BCUT2D eigenvalue weighted by Gasteiger charge is -2.50. The summed E-state index contributed by atoms with van der Waals surface area (Å²) >= 11 is 6.35. The Morgan fingerprint density at radius 1 is 0.956 bits per heavy atom. The summed E-state index contributed by atoms with van der Waals surface area (Å²) in [6.07, 6.45) is 3.99. The smallest absolute Gasteiger partial charge is 0.347 e. The van der Waals surface area contributed by atoms with E-state index in [0.717, 1.165) is 15.7 Å². The van der Waals surface area contributed by atoms with Gasteiger partial charge in [-0.3, -0.25) is 9.59 Å². The van der Waals surface area contributed by atoms with Gasteiger partial charge in [-0.1, -0.05) is 54.1 Å². The molecule has 1 N–H and O–H groups in total. The van der Waals surface area contributed by atoms with Gasteiger partial charge in [0.2, 0.25) is 11.8 Å². The standard InChI is InChI=1S/C34H27ClN4O6/c1-36-32(43)37-13-12-25-27(39(37)33(36)44)17-26-30(41)38(23-9-5-8-22(35)16-23)31(42)34(26,21-6-3-2-4-7-21)29(25)20-14-19-15-24(40)10-11-28(19)45-18-20/h2-12,15-16,18,26-27,29,40H,13-14,17H2,1H3/t26-,27+,29-,34+/m0/s1. The highest BCUT2D eigenvalue weighted by Crippen LogP contribution is 2.61. The minimum absolute atomic E-state index is 0.0757. The van der Waals surface area contributed by atoms with E-state index in [1.807, 2.05) is 36.4 Å². The van der Waals surface area contributed by atoms with E-state index >= 15 is 4.79 Å². The number of phenolic OH excluding ortho intramolecular Hbond substituents is 1.